The highest BCUT2D eigenvalue weighted by Gasteiger charge is 2.41. The Bertz CT molecular complexity index is 731. The second-order valence-electron chi connectivity index (χ2n) is 6.86. The summed E-state index contributed by atoms with van der Waals surface area (Å²) in [7, 11) is 0.248. The fraction of sp³-hybridized carbons (Fsp3) is 0.625. The highest BCUT2D eigenvalue weighted by molar-refractivity contribution is 14.0. The second kappa shape index (κ2) is 9.36. The van der Waals surface area contributed by atoms with E-state index >= 15 is 0 Å². The molecule has 0 bridgehead atoms. The number of halogens is 1. The van der Waals surface area contributed by atoms with E-state index in [-0.39, 0.29) is 42.2 Å². The van der Waals surface area contributed by atoms with Crippen LogP contribution in [0.2, 0.25) is 0 Å². The minimum atomic E-state index is -3.13. The Labute approximate surface area is 176 Å². The van der Waals surface area contributed by atoms with Gasteiger partial charge in [0.2, 0.25) is 5.91 Å². The van der Waals surface area contributed by atoms with Gasteiger partial charge in [-0.05, 0) is 25.3 Å². The van der Waals surface area contributed by atoms with Crippen molar-refractivity contribution in [3.63, 3.8) is 0 Å². The van der Waals surface area contributed by atoms with Crippen LogP contribution in [0.5, 0.6) is 0 Å². The third-order valence-corrected chi connectivity index (χ3v) is 7.62. The van der Waals surface area contributed by atoms with Gasteiger partial charge in [0.1, 0.15) is 6.54 Å². The number of likely N-dealkylation sites (N-methyl/N-ethyl adjacent to an activating group) is 1. The summed E-state index contributed by atoms with van der Waals surface area (Å²) in [6.45, 7) is 4.81. The zero-order chi connectivity index (χ0) is 18.7. The molecule has 0 atom stereocenters. The molecule has 1 aliphatic rings. The van der Waals surface area contributed by atoms with Gasteiger partial charge in [0.15, 0.2) is 15.8 Å². The van der Waals surface area contributed by atoms with Gasteiger partial charge in [0, 0.05) is 32.1 Å². The number of rotatable bonds is 4. The van der Waals surface area contributed by atoms with Crippen LogP contribution < -0.4 is 5.32 Å². The van der Waals surface area contributed by atoms with Gasteiger partial charge in [-0.25, -0.2) is 13.4 Å². The van der Waals surface area contributed by atoms with E-state index < -0.39 is 14.6 Å². The first kappa shape index (κ1) is 23.2. The molecule has 1 amide bonds. The predicted molar refractivity (Wildman–Crippen MR) is 117 cm³/mol. The lowest BCUT2D eigenvalue weighted by Crippen LogP contribution is -2.57. The molecule has 0 saturated carbocycles. The van der Waals surface area contributed by atoms with Crippen LogP contribution in [0, 0.1) is 0 Å². The molecule has 148 valence electrons. The standard InChI is InChI=1S/C16H26N4O3S2.HI/c1-16(2)12-20(7-9-25(16,22)23)15(18-11-14(21)19(3)4)17-10-13-6-5-8-24-13;/h5-6,8H,7,9-12H2,1-4H3,(H,17,18);1H. The summed E-state index contributed by atoms with van der Waals surface area (Å²) in [5, 5.41) is 5.27. The molecule has 10 heteroatoms. The first-order valence-electron chi connectivity index (χ1n) is 8.10. The van der Waals surface area contributed by atoms with Crippen LogP contribution in [-0.2, 0) is 21.2 Å². The summed E-state index contributed by atoms with van der Waals surface area (Å²) in [4.78, 5) is 20.9. The van der Waals surface area contributed by atoms with Crippen molar-refractivity contribution in [1.82, 2.24) is 15.1 Å². The van der Waals surface area contributed by atoms with Crippen LogP contribution in [0.15, 0.2) is 22.5 Å². The largest absolute Gasteiger partial charge is 0.351 e. The molecule has 1 aromatic heterocycles. The Morgan fingerprint density at radius 3 is 2.65 bits per heavy atom. The fourth-order valence-corrected chi connectivity index (χ4v) is 4.47. The molecule has 0 spiro atoms. The molecule has 2 heterocycles. The van der Waals surface area contributed by atoms with Gasteiger partial charge >= 0.3 is 0 Å². The smallest absolute Gasteiger partial charge is 0.243 e. The zero-order valence-corrected chi connectivity index (χ0v) is 19.5. The summed E-state index contributed by atoms with van der Waals surface area (Å²) < 4.78 is 23.6. The number of carbonyl (C=O) groups excluding carboxylic acids is 1. The predicted octanol–water partition coefficient (Wildman–Crippen LogP) is 1.41. The summed E-state index contributed by atoms with van der Waals surface area (Å²) in [6.07, 6.45) is 0. The number of carbonyl (C=O) groups is 1. The van der Waals surface area contributed by atoms with Gasteiger partial charge < -0.3 is 15.1 Å². The van der Waals surface area contributed by atoms with Crippen molar-refractivity contribution < 1.29 is 13.2 Å². The van der Waals surface area contributed by atoms with Gasteiger partial charge in [-0.15, -0.1) is 35.3 Å². The monoisotopic (exact) mass is 514 g/mol. The first-order chi connectivity index (χ1) is 11.6. The fourth-order valence-electron chi connectivity index (χ4n) is 2.46. The third-order valence-electron chi connectivity index (χ3n) is 4.21. The second-order valence-corrected chi connectivity index (χ2v) is 10.6. The van der Waals surface area contributed by atoms with Gasteiger partial charge in [-0.1, -0.05) is 6.07 Å². The molecule has 7 nitrogen and oxygen atoms in total. The Morgan fingerprint density at radius 2 is 2.12 bits per heavy atom. The molecule has 0 aliphatic carbocycles. The number of guanidine groups is 1. The minimum Gasteiger partial charge on any atom is -0.351 e. The quantitative estimate of drug-likeness (QED) is 0.374. The topological polar surface area (TPSA) is 82.1 Å². The van der Waals surface area contributed by atoms with Crippen LogP contribution >= 0.6 is 35.3 Å². The van der Waals surface area contributed by atoms with Crippen LogP contribution in [-0.4, -0.2) is 74.3 Å². The van der Waals surface area contributed by atoms with E-state index in [1.807, 2.05) is 22.4 Å². The lowest BCUT2D eigenvalue weighted by atomic mass is 10.2. The van der Waals surface area contributed by atoms with E-state index in [1.54, 1.807) is 39.3 Å². The van der Waals surface area contributed by atoms with Gasteiger partial charge in [0.25, 0.3) is 0 Å². The Kier molecular flexibility index (Phi) is 8.33. The average molecular weight is 514 g/mol. The molecule has 26 heavy (non-hydrogen) atoms. The Balaban J connectivity index is 0.00000338. The number of nitrogens with zero attached hydrogens (tertiary/aromatic N) is 3. The van der Waals surface area contributed by atoms with Gasteiger partial charge in [0.05, 0.1) is 17.0 Å². The van der Waals surface area contributed by atoms with Gasteiger partial charge in [-0.3, -0.25) is 4.79 Å². The summed E-state index contributed by atoms with van der Waals surface area (Å²) in [5.41, 5.74) is 0. The Morgan fingerprint density at radius 1 is 1.42 bits per heavy atom. The van der Waals surface area contributed by atoms with Crippen molar-refractivity contribution in [2.45, 2.75) is 25.1 Å². The van der Waals surface area contributed by atoms with Crippen LogP contribution in [0.4, 0.5) is 0 Å². The maximum absolute atomic E-state index is 12.2. The third kappa shape index (κ3) is 5.81. The highest BCUT2D eigenvalue weighted by Crippen LogP contribution is 2.23. The van der Waals surface area contributed by atoms with Crippen molar-refractivity contribution in [1.29, 1.82) is 0 Å². The van der Waals surface area contributed by atoms with Crippen molar-refractivity contribution in [2.24, 2.45) is 4.99 Å². The van der Waals surface area contributed by atoms with E-state index in [4.69, 9.17) is 0 Å². The molecule has 1 aliphatic heterocycles. The van der Waals surface area contributed by atoms with Crippen molar-refractivity contribution in [3.8, 4) is 0 Å². The molecule has 0 unspecified atom stereocenters. The SMILES string of the molecule is CN(C)C(=O)CN=C(NCc1cccs1)N1CCS(=O)(=O)C(C)(C)C1.I. The lowest BCUT2D eigenvalue weighted by Gasteiger charge is -2.39. The van der Waals surface area contributed by atoms with E-state index in [2.05, 4.69) is 10.3 Å². The number of thiophene rings is 1. The highest BCUT2D eigenvalue weighted by atomic mass is 127. The van der Waals surface area contributed by atoms with Crippen LogP contribution in [0.25, 0.3) is 0 Å². The van der Waals surface area contributed by atoms with Gasteiger partial charge in [-0.2, -0.15) is 0 Å². The first-order valence-corrected chi connectivity index (χ1v) is 10.6. The van der Waals surface area contributed by atoms with E-state index in [0.29, 0.717) is 25.6 Å². The Hall–Kier alpha value is -0.880. The van der Waals surface area contributed by atoms with E-state index in [1.165, 1.54) is 4.90 Å². The summed E-state index contributed by atoms with van der Waals surface area (Å²) >= 11 is 1.63. The molecule has 2 rings (SSSR count). The molecular formula is C16H27IN4O3S2. The zero-order valence-electron chi connectivity index (χ0n) is 15.6. The normalized spacial score (nSPS) is 18.8. The molecule has 0 aromatic carbocycles. The number of hydrogen-bond acceptors (Lipinski definition) is 5. The molecule has 0 radical (unpaired) electrons. The van der Waals surface area contributed by atoms with Crippen LogP contribution in [0.3, 0.4) is 0 Å². The molecular weight excluding hydrogens is 487 g/mol. The van der Waals surface area contributed by atoms with E-state index in [0.717, 1.165) is 4.88 Å². The minimum absolute atomic E-state index is 0. The molecule has 1 N–H and O–H groups in total. The van der Waals surface area contributed by atoms with Crippen molar-refractivity contribution in [3.05, 3.63) is 22.4 Å². The van der Waals surface area contributed by atoms with Crippen molar-refractivity contribution in [2.75, 3.05) is 39.5 Å². The maximum Gasteiger partial charge on any atom is 0.243 e. The van der Waals surface area contributed by atoms with E-state index in [9.17, 15) is 13.2 Å². The summed E-state index contributed by atoms with van der Waals surface area (Å²) in [5.74, 6) is 0.562. The molecule has 1 saturated heterocycles. The number of nitrogens with one attached hydrogen (secondary N) is 1. The van der Waals surface area contributed by atoms with Crippen molar-refractivity contribution >= 4 is 57.0 Å². The average Bonchev–Trinajstić information content (AvgIpc) is 3.03. The number of amides is 1. The maximum atomic E-state index is 12.2. The lowest BCUT2D eigenvalue weighted by molar-refractivity contribution is -0.127. The summed E-state index contributed by atoms with van der Waals surface area (Å²) in [6, 6.07) is 4.00. The number of hydrogen-bond donors (Lipinski definition) is 1. The number of sulfone groups is 1. The molecule has 1 fully saturated rings. The van der Waals surface area contributed by atoms with Crippen LogP contribution in [0.1, 0.15) is 18.7 Å². The number of aliphatic imine (C=N–C) groups is 1. The molecule has 1 aromatic rings.